The van der Waals surface area contributed by atoms with Crippen LogP contribution in [0.15, 0.2) is 255 Å². The molecule has 0 saturated carbocycles. The van der Waals surface area contributed by atoms with Gasteiger partial charge >= 0.3 is 0 Å². The normalized spacial score (nSPS) is 11.6. The average Bonchev–Trinajstić information content (AvgIpc) is 3.92. The van der Waals surface area contributed by atoms with Crippen LogP contribution in [0.4, 0.5) is 17.1 Å². The van der Waals surface area contributed by atoms with E-state index in [9.17, 15) is 0 Å². The number of pyridine rings is 1. The minimum Gasteiger partial charge on any atom is -0.309 e. The number of nitrogens with zero attached hydrogens (tertiary/aromatic N) is 4. The molecule has 4 heteroatoms. The van der Waals surface area contributed by atoms with Gasteiger partial charge in [-0.1, -0.05) is 140 Å². The Morgan fingerprint density at radius 1 is 0.299 bits per heavy atom. The third kappa shape index (κ3) is 6.57. The van der Waals surface area contributed by atoms with E-state index in [4.69, 9.17) is 4.98 Å². The van der Waals surface area contributed by atoms with E-state index in [1.54, 1.807) is 0 Å². The standard InChI is InChI=1S/C63H42N4/c1-4-19-49(20-5-1)65(59-30-16-18-43-17-10-11-25-53(43)59)52-33-34-58(64-42-52)48-38-46(44-31-35-62-56(40-44)54-26-12-14-28-60(54)66(62)50-21-6-2-7-22-50)37-47(39-48)45-32-36-63-57(41-45)55-27-13-15-29-61(55)67(63)51-23-8-3-9-24-51/h1-42H. The maximum Gasteiger partial charge on any atom is 0.0704 e. The number of aromatic nitrogens is 3. The molecule has 0 fully saturated rings. The second-order valence-electron chi connectivity index (χ2n) is 17.2. The summed E-state index contributed by atoms with van der Waals surface area (Å²) in [5.74, 6) is 0. The van der Waals surface area contributed by atoms with Gasteiger partial charge in [-0.2, -0.15) is 0 Å². The van der Waals surface area contributed by atoms with Crippen molar-refractivity contribution < 1.29 is 0 Å². The molecule has 314 valence electrons. The molecule has 3 heterocycles. The lowest BCUT2D eigenvalue weighted by molar-refractivity contribution is 1.18. The summed E-state index contributed by atoms with van der Waals surface area (Å²) in [7, 11) is 0. The van der Waals surface area contributed by atoms with Gasteiger partial charge in [-0.05, 0) is 137 Å². The summed E-state index contributed by atoms with van der Waals surface area (Å²) < 4.78 is 4.75. The summed E-state index contributed by atoms with van der Waals surface area (Å²) in [5.41, 5.74) is 16.7. The van der Waals surface area contributed by atoms with Crippen molar-refractivity contribution in [2.45, 2.75) is 0 Å². The van der Waals surface area contributed by atoms with E-state index < -0.39 is 0 Å². The van der Waals surface area contributed by atoms with Gasteiger partial charge in [0.25, 0.3) is 0 Å². The molecule has 3 aromatic heterocycles. The van der Waals surface area contributed by atoms with Crippen molar-refractivity contribution in [1.29, 1.82) is 0 Å². The molecule has 0 aliphatic carbocycles. The van der Waals surface area contributed by atoms with E-state index in [0.29, 0.717) is 0 Å². The first kappa shape index (κ1) is 38.5. The minimum absolute atomic E-state index is 0.904. The SMILES string of the molecule is c1ccc(N(c2ccc(-c3cc(-c4ccc5c(c4)c4ccccc4n5-c4ccccc4)cc(-c4ccc5c(c4)c4ccccc4n5-c4ccccc4)c3)nc2)c2cccc3ccccc23)cc1. The molecule has 0 spiro atoms. The van der Waals surface area contributed by atoms with Crippen LogP contribution >= 0.6 is 0 Å². The van der Waals surface area contributed by atoms with E-state index in [0.717, 1.165) is 61.9 Å². The van der Waals surface area contributed by atoms with Gasteiger partial charge in [0, 0.05) is 49.6 Å². The van der Waals surface area contributed by atoms with Gasteiger partial charge in [0.2, 0.25) is 0 Å². The van der Waals surface area contributed by atoms with E-state index in [1.807, 2.05) is 6.20 Å². The molecule has 0 atom stereocenters. The molecule has 0 saturated heterocycles. The van der Waals surface area contributed by atoms with Crippen LogP contribution in [0.1, 0.15) is 0 Å². The van der Waals surface area contributed by atoms with Gasteiger partial charge in [-0.15, -0.1) is 0 Å². The van der Waals surface area contributed by atoms with E-state index >= 15 is 0 Å². The monoisotopic (exact) mass is 854 g/mol. The quantitative estimate of drug-likeness (QED) is 0.152. The average molecular weight is 855 g/mol. The van der Waals surface area contributed by atoms with Crippen molar-refractivity contribution in [3.05, 3.63) is 255 Å². The topological polar surface area (TPSA) is 26.0 Å². The Bertz CT molecular complexity index is 3780. The molecular formula is C63H42N4. The zero-order valence-corrected chi connectivity index (χ0v) is 36.5. The van der Waals surface area contributed by atoms with Gasteiger partial charge in [-0.25, -0.2) is 0 Å². The zero-order valence-electron chi connectivity index (χ0n) is 36.5. The van der Waals surface area contributed by atoms with Crippen LogP contribution in [-0.4, -0.2) is 14.1 Å². The highest BCUT2D eigenvalue weighted by Crippen LogP contribution is 2.42. The highest BCUT2D eigenvalue weighted by molar-refractivity contribution is 6.12. The highest BCUT2D eigenvalue weighted by atomic mass is 15.1. The summed E-state index contributed by atoms with van der Waals surface area (Å²) in [5, 5.41) is 7.27. The molecule has 0 N–H and O–H groups in total. The Hall–Kier alpha value is -8.99. The van der Waals surface area contributed by atoms with E-state index in [-0.39, 0.29) is 0 Å². The fourth-order valence-corrected chi connectivity index (χ4v) is 10.2. The molecule has 0 radical (unpaired) electrons. The van der Waals surface area contributed by atoms with Crippen molar-refractivity contribution in [3.63, 3.8) is 0 Å². The molecule has 13 aromatic rings. The largest absolute Gasteiger partial charge is 0.309 e. The lowest BCUT2D eigenvalue weighted by Crippen LogP contribution is -2.10. The number of fused-ring (bicyclic) bond motifs is 7. The molecule has 0 aliphatic rings. The molecule has 0 aliphatic heterocycles. The highest BCUT2D eigenvalue weighted by Gasteiger charge is 2.19. The van der Waals surface area contributed by atoms with Crippen LogP contribution in [0.25, 0.3) is 99.3 Å². The first-order valence-corrected chi connectivity index (χ1v) is 22.9. The Balaban J connectivity index is 0.990. The Morgan fingerprint density at radius 2 is 0.776 bits per heavy atom. The number of anilines is 3. The van der Waals surface area contributed by atoms with Crippen LogP contribution in [0.5, 0.6) is 0 Å². The number of hydrogen-bond acceptors (Lipinski definition) is 2. The Kier molecular flexibility index (Phi) is 9.14. The van der Waals surface area contributed by atoms with E-state index in [1.165, 1.54) is 54.4 Å². The number of para-hydroxylation sites is 5. The summed E-state index contributed by atoms with van der Waals surface area (Å²) in [6, 6.07) is 89.7. The maximum absolute atomic E-state index is 5.28. The molecule has 4 nitrogen and oxygen atoms in total. The Labute approximate surface area is 388 Å². The van der Waals surface area contributed by atoms with Crippen molar-refractivity contribution in [1.82, 2.24) is 14.1 Å². The van der Waals surface area contributed by atoms with Crippen LogP contribution in [0, 0.1) is 0 Å². The van der Waals surface area contributed by atoms with Crippen molar-refractivity contribution in [3.8, 4) is 44.9 Å². The van der Waals surface area contributed by atoms with Gasteiger partial charge in [0.05, 0.1) is 45.3 Å². The predicted molar refractivity (Wildman–Crippen MR) is 281 cm³/mol. The van der Waals surface area contributed by atoms with Crippen molar-refractivity contribution >= 4 is 71.4 Å². The summed E-state index contributed by atoms with van der Waals surface area (Å²) in [6.45, 7) is 0. The van der Waals surface area contributed by atoms with Gasteiger partial charge in [0.15, 0.2) is 0 Å². The first-order chi connectivity index (χ1) is 33.2. The molecule has 0 bridgehead atoms. The lowest BCUT2D eigenvalue weighted by atomic mass is 9.93. The molecule has 0 unspecified atom stereocenters. The van der Waals surface area contributed by atoms with Crippen LogP contribution < -0.4 is 4.90 Å². The molecule has 13 rings (SSSR count). The van der Waals surface area contributed by atoms with E-state index in [2.05, 4.69) is 263 Å². The number of benzene rings is 10. The second-order valence-corrected chi connectivity index (χ2v) is 17.2. The fourth-order valence-electron chi connectivity index (χ4n) is 10.2. The summed E-state index contributed by atoms with van der Waals surface area (Å²) in [6.07, 6.45) is 2.02. The van der Waals surface area contributed by atoms with Crippen LogP contribution in [-0.2, 0) is 0 Å². The minimum atomic E-state index is 0.904. The fraction of sp³-hybridized carbons (Fsp3) is 0. The molecule has 0 amide bonds. The third-order valence-corrected chi connectivity index (χ3v) is 13.3. The van der Waals surface area contributed by atoms with Crippen molar-refractivity contribution in [2.24, 2.45) is 0 Å². The van der Waals surface area contributed by atoms with Gasteiger partial charge in [-0.3, -0.25) is 4.98 Å². The van der Waals surface area contributed by atoms with Gasteiger partial charge < -0.3 is 14.0 Å². The summed E-state index contributed by atoms with van der Waals surface area (Å²) in [4.78, 5) is 7.59. The second kappa shape index (κ2) is 15.9. The molecule has 10 aromatic carbocycles. The van der Waals surface area contributed by atoms with Crippen molar-refractivity contribution in [2.75, 3.05) is 4.90 Å². The summed E-state index contributed by atoms with van der Waals surface area (Å²) >= 11 is 0. The molecular weight excluding hydrogens is 813 g/mol. The third-order valence-electron chi connectivity index (χ3n) is 13.3. The van der Waals surface area contributed by atoms with Crippen LogP contribution in [0.2, 0.25) is 0 Å². The van der Waals surface area contributed by atoms with Gasteiger partial charge in [0.1, 0.15) is 0 Å². The smallest absolute Gasteiger partial charge is 0.0704 e. The Morgan fingerprint density at radius 3 is 1.34 bits per heavy atom. The van der Waals surface area contributed by atoms with Crippen LogP contribution in [0.3, 0.4) is 0 Å². The first-order valence-electron chi connectivity index (χ1n) is 22.9. The number of rotatable bonds is 8. The zero-order chi connectivity index (χ0) is 44.3. The lowest BCUT2D eigenvalue weighted by Gasteiger charge is -2.26. The molecule has 67 heavy (non-hydrogen) atoms. The number of hydrogen-bond donors (Lipinski definition) is 0. The maximum atomic E-state index is 5.28. The predicted octanol–water partition coefficient (Wildman–Crippen LogP) is 16.9.